The van der Waals surface area contributed by atoms with Crippen LogP contribution in [0, 0.1) is 0 Å². The van der Waals surface area contributed by atoms with Gasteiger partial charge in [0.05, 0.1) is 0 Å². The van der Waals surface area contributed by atoms with Gasteiger partial charge in [0.25, 0.3) is 11.8 Å². The normalized spacial score (nSPS) is 16.9. The van der Waals surface area contributed by atoms with Crippen LogP contribution >= 0.6 is 0 Å². The molecule has 1 saturated heterocycles. The minimum atomic E-state index is -5.07. The second kappa shape index (κ2) is 6.52. The summed E-state index contributed by atoms with van der Waals surface area (Å²) in [5.41, 5.74) is 0. The number of nitrogens with zero attached hydrogens (tertiary/aromatic N) is 1. The fourth-order valence-electron chi connectivity index (χ4n) is 1.35. The van der Waals surface area contributed by atoms with Crippen molar-refractivity contribution in [2.75, 3.05) is 6.54 Å². The van der Waals surface area contributed by atoms with Crippen LogP contribution in [0.25, 0.3) is 0 Å². The standard InChI is InChI=1S/C10H11F3N2O6/c11-10(12,13)9(20)14-4-3-5(16)8(19)21-15-6(17)1-2-7(15)18/h5,16H,1-4H2,(H,14,20). The molecule has 8 nitrogen and oxygen atoms in total. The minimum absolute atomic E-state index is 0.135. The summed E-state index contributed by atoms with van der Waals surface area (Å²) in [7, 11) is 0. The van der Waals surface area contributed by atoms with Crippen LogP contribution in [0.3, 0.4) is 0 Å². The smallest absolute Gasteiger partial charge is 0.381 e. The van der Waals surface area contributed by atoms with E-state index >= 15 is 0 Å². The molecule has 2 N–H and O–H groups in total. The molecule has 1 heterocycles. The Hall–Kier alpha value is -2.17. The van der Waals surface area contributed by atoms with Crippen molar-refractivity contribution in [3.63, 3.8) is 0 Å². The van der Waals surface area contributed by atoms with Gasteiger partial charge in [-0.1, -0.05) is 0 Å². The maximum Gasteiger partial charge on any atom is 0.471 e. The third-order valence-corrected chi connectivity index (χ3v) is 2.42. The summed E-state index contributed by atoms with van der Waals surface area (Å²) in [6.07, 6.45) is -7.80. The number of rotatable bonds is 5. The van der Waals surface area contributed by atoms with Gasteiger partial charge in [-0.2, -0.15) is 13.2 Å². The van der Waals surface area contributed by atoms with Crippen molar-refractivity contribution in [3.05, 3.63) is 0 Å². The van der Waals surface area contributed by atoms with E-state index in [1.165, 1.54) is 5.32 Å². The van der Waals surface area contributed by atoms with Gasteiger partial charge < -0.3 is 15.3 Å². The molecule has 0 saturated carbocycles. The lowest BCUT2D eigenvalue weighted by molar-refractivity contribution is -0.203. The zero-order valence-electron chi connectivity index (χ0n) is 10.5. The average Bonchev–Trinajstić information content (AvgIpc) is 2.69. The largest absolute Gasteiger partial charge is 0.471 e. The Balaban J connectivity index is 2.37. The van der Waals surface area contributed by atoms with Crippen molar-refractivity contribution >= 4 is 23.7 Å². The number of aliphatic hydroxyl groups excluding tert-OH is 1. The SMILES string of the molecule is O=C(ON1C(=O)CCC1=O)C(O)CCNC(=O)C(F)(F)F. The van der Waals surface area contributed by atoms with E-state index in [2.05, 4.69) is 4.84 Å². The van der Waals surface area contributed by atoms with Crippen LogP contribution in [0.1, 0.15) is 19.3 Å². The highest BCUT2D eigenvalue weighted by atomic mass is 19.4. The third-order valence-electron chi connectivity index (χ3n) is 2.42. The molecule has 1 atom stereocenters. The highest BCUT2D eigenvalue weighted by Gasteiger charge is 2.38. The summed E-state index contributed by atoms with van der Waals surface area (Å²) in [4.78, 5) is 48.3. The van der Waals surface area contributed by atoms with E-state index in [1.807, 2.05) is 0 Å². The van der Waals surface area contributed by atoms with E-state index < -0.39 is 48.9 Å². The first-order chi connectivity index (χ1) is 9.62. The number of hydrogen-bond acceptors (Lipinski definition) is 6. The maximum absolute atomic E-state index is 11.8. The van der Waals surface area contributed by atoms with Crippen LogP contribution in [0.5, 0.6) is 0 Å². The van der Waals surface area contributed by atoms with E-state index in [9.17, 15) is 37.5 Å². The Kier molecular flexibility index (Phi) is 5.24. The molecular weight excluding hydrogens is 301 g/mol. The van der Waals surface area contributed by atoms with Crippen LogP contribution in [0.4, 0.5) is 13.2 Å². The molecule has 0 bridgehead atoms. The number of amides is 3. The van der Waals surface area contributed by atoms with Crippen LogP contribution in [-0.2, 0) is 24.0 Å². The molecule has 0 spiro atoms. The van der Waals surface area contributed by atoms with E-state index in [0.717, 1.165) is 0 Å². The molecule has 0 aromatic carbocycles. The number of alkyl halides is 3. The monoisotopic (exact) mass is 312 g/mol. The first-order valence-electron chi connectivity index (χ1n) is 5.73. The Bertz CT molecular complexity index is 448. The lowest BCUT2D eigenvalue weighted by atomic mass is 10.2. The second-order valence-electron chi connectivity index (χ2n) is 4.05. The van der Waals surface area contributed by atoms with Crippen LogP contribution in [0.2, 0.25) is 0 Å². The predicted octanol–water partition coefficient (Wildman–Crippen LogP) is -0.977. The van der Waals surface area contributed by atoms with Crippen molar-refractivity contribution in [3.8, 4) is 0 Å². The van der Waals surface area contributed by atoms with Gasteiger partial charge in [0.15, 0.2) is 6.10 Å². The molecule has 1 fully saturated rings. The maximum atomic E-state index is 11.8. The molecule has 1 rings (SSSR count). The molecule has 1 aliphatic heterocycles. The number of carbonyl (C=O) groups excluding carboxylic acids is 4. The van der Waals surface area contributed by atoms with Crippen molar-refractivity contribution < 1.29 is 42.3 Å². The first-order valence-corrected chi connectivity index (χ1v) is 5.73. The highest BCUT2D eigenvalue weighted by molar-refractivity contribution is 6.01. The number of carbonyl (C=O) groups is 4. The zero-order valence-corrected chi connectivity index (χ0v) is 10.5. The molecule has 1 unspecified atom stereocenters. The van der Waals surface area contributed by atoms with Gasteiger partial charge in [-0.05, 0) is 0 Å². The summed E-state index contributed by atoms with van der Waals surface area (Å²) < 4.78 is 35.5. The quantitative estimate of drug-likeness (QED) is 0.631. The molecular formula is C10H11F3N2O6. The first kappa shape index (κ1) is 16.9. The molecule has 118 valence electrons. The van der Waals surface area contributed by atoms with Crippen LogP contribution in [-0.4, -0.2) is 52.7 Å². The van der Waals surface area contributed by atoms with E-state index in [-0.39, 0.29) is 17.9 Å². The zero-order chi connectivity index (χ0) is 16.2. The van der Waals surface area contributed by atoms with E-state index in [0.29, 0.717) is 0 Å². The fraction of sp³-hybridized carbons (Fsp3) is 0.600. The topological polar surface area (TPSA) is 113 Å². The molecule has 1 aliphatic rings. The summed E-state index contributed by atoms with van der Waals surface area (Å²) in [6.45, 7) is -0.642. The van der Waals surface area contributed by atoms with Crippen LogP contribution < -0.4 is 5.32 Å². The summed E-state index contributed by atoms with van der Waals surface area (Å²) >= 11 is 0. The second-order valence-corrected chi connectivity index (χ2v) is 4.05. The Morgan fingerprint density at radius 3 is 2.29 bits per heavy atom. The Morgan fingerprint density at radius 1 is 1.29 bits per heavy atom. The van der Waals surface area contributed by atoms with Gasteiger partial charge in [0.1, 0.15) is 0 Å². The van der Waals surface area contributed by atoms with E-state index in [4.69, 9.17) is 0 Å². The predicted molar refractivity (Wildman–Crippen MR) is 56.9 cm³/mol. The van der Waals surface area contributed by atoms with Crippen molar-refractivity contribution in [2.24, 2.45) is 0 Å². The molecule has 3 amide bonds. The minimum Gasteiger partial charge on any atom is -0.381 e. The number of halogens is 3. The third kappa shape index (κ3) is 4.70. The number of nitrogens with one attached hydrogen (secondary N) is 1. The molecule has 21 heavy (non-hydrogen) atoms. The molecule has 0 aromatic rings. The number of imide groups is 1. The molecule has 0 aliphatic carbocycles. The van der Waals surface area contributed by atoms with Gasteiger partial charge in [-0.3, -0.25) is 14.4 Å². The van der Waals surface area contributed by atoms with Crippen molar-refractivity contribution in [2.45, 2.75) is 31.5 Å². The van der Waals surface area contributed by atoms with E-state index in [1.54, 1.807) is 0 Å². The highest BCUT2D eigenvalue weighted by Crippen LogP contribution is 2.14. The van der Waals surface area contributed by atoms with Gasteiger partial charge in [0, 0.05) is 25.8 Å². The summed E-state index contributed by atoms with van der Waals surface area (Å²) in [5.74, 6) is -5.11. The van der Waals surface area contributed by atoms with Gasteiger partial charge in [-0.25, -0.2) is 4.79 Å². The van der Waals surface area contributed by atoms with Gasteiger partial charge >= 0.3 is 18.1 Å². The number of hydrogen-bond donors (Lipinski definition) is 2. The van der Waals surface area contributed by atoms with Crippen molar-refractivity contribution in [1.82, 2.24) is 10.4 Å². The van der Waals surface area contributed by atoms with Crippen molar-refractivity contribution in [1.29, 1.82) is 0 Å². The molecule has 11 heteroatoms. The molecule has 0 aromatic heterocycles. The van der Waals surface area contributed by atoms with Crippen LogP contribution in [0.15, 0.2) is 0 Å². The van der Waals surface area contributed by atoms with Gasteiger partial charge in [-0.15, -0.1) is 5.06 Å². The Morgan fingerprint density at radius 2 is 1.81 bits per heavy atom. The Labute approximate surface area is 115 Å². The summed E-state index contributed by atoms with van der Waals surface area (Å²) in [5, 5.41) is 10.9. The number of aliphatic hydroxyl groups is 1. The average molecular weight is 312 g/mol. The lowest BCUT2D eigenvalue weighted by Crippen LogP contribution is -2.40. The number of hydroxylamine groups is 2. The lowest BCUT2D eigenvalue weighted by Gasteiger charge is -2.15. The molecule has 0 radical (unpaired) electrons. The van der Waals surface area contributed by atoms with Gasteiger partial charge in [0.2, 0.25) is 0 Å². The summed E-state index contributed by atoms with van der Waals surface area (Å²) in [6, 6.07) is 0. The fourth-order valence-corrected chi connectivity index (χ4v) is 1.35.